The molecule has 0 aliphatic heterocycles. The van der Waals surface area contributed by atoms with Gasteiger partial charge < -0.3 is 14.9 Å². The van der Waals surface area contributed by atoms with E-state index < -0.39 is 6.10 Å². The largest absolute Gasteiger partial charge is 0.457 e. The first kappa shape index (κ1) is 32.2. The van der Waals surface area contributed by atoms with Crippen LogP contribution < -0.4 is 4.74 Å². The maximum absolute atomic E-state index is 8.11. The smallest absolute Gasteiger partial charge is 0.127 e. The van der Waals surface area contributed by atoms with Gasteiger partial charge in [-0.3, -0.25) is 0 Å². The fourth-order valence-corrected chi connectivity index (χ4v) is 4.16. The molecule has 3 heteroatoms. The lowest BCUT2D eigenvalue weighted by molar-refractivity contribution is 0.110. The van der Waals surface area contributed by atoms with Gasteiger partial charge in [-0.05, 0) is 68.0 Å². The number of aliphatic hydroxyl groups is 2. The fraction of sp³-hybridized carbons (Fsp3) is 0.636. The first-order valence-electron chi connectivity index (χ1n) is 14.7. The average molecular weight is 499 g/mol. The van der Waals surface area contributed by atoms with Gasteiger partial charge in [0.15, 0.2) is 0 Å². The number of aryl methyl sites for hydroxylation is 2. The molecule has 0 aliphatic carbocycles. The minimum absolute atomic E-state index is 0.139. The van der Waals surface area contributed by atoms with Crippen LogP contribution in [0.25, 0.3) is 0 Å². The highest BCUT2D eigenvalue weighted by molar-refractivity contribution is 5.34. The van der Waals surface area contributed by atoms with Gasteiger partial charge in [0.1, 0.15) is 11.5 Å². The Hall–Kier alpha value is -1.84. The predicted molar refractivity (Wildman–Crippen MR) is 155 cm³/mol. The Morgan fingerprint density at radius 2 is 0.861 bits per heavy atom. The number of rotatable bonds is 19. The zero-order valence-electron chi connectivity index (χ0n) is 23.5. The van der Waals surface area contributed by atoms with Crippen molar-refractivity contribution in [2.24, 2.45) is 0 Å². The molecule has 0 saturated carbocycles. The van der Waals surface area contributed by atoms with E-state index in [-0.39, 0.29) is 6.61 Å². The van der Waals surface area contributed by atoms with Crippen molar-refractivity contribution in [3.63, 3.8) is 0 Å². The normalized spacial score (nSPS) is 11.6. The highest BCUT2D eigenvalue weighted by Crippen LogP contribution is 2.23. The monoisotopic (exact) mass is 498 g/mol. The van der Waals surface area contributed by atoms with E-state index in [4.69, 9.17) is 14.9 Å². The van der Waals surface area contributed by atoms with Crippen LogP contribution in [-0.2, 0) is 12.8 Å². The minimum Gasteiger partial charge on any atom is -0.457 e. The molecular weight excluding hydrogens is 444 g/mol. The molecule has 2 N–H and O–H groups in total. The fourth-order valence-electron chi connectivity index (χ4n) is 4.16. The summed E-state index contributed by atoms with van der Waals surface area (Å²) in [5.74, 6) is 1.87. The third kappa shape index (κ3) is 17.6. The van der Waals surface area contributed by atoms with Crippen molar-refractivity contribution in [2.75, 3.05) is 6.61 Å². The average Bonchev–Trinajstić information content (AvgIpc) is 2.90. The van der Waals surface area contributed by atoms with E-state index in [0.717, 1.165) is 11.5 Å². The lowest BCUT2D eigenvalue weighted by Crippen LogP contribution is -2.03. The molecule has 0 saturated heterocycles. The van der Waals surface area contributed by atoms with E-state index in [1.54, 1.807) is 0 Å². The molecule has 1 atom stereocenters. The lowest BCUT2D eigenvalue weighted by Gasteiger charge is -2.08. The first-order chi connectivity index (χ1) is 17.6. The van der Waals surface area contributed by atoms with Gasteiger partial charge in [0.25, 0.3) is 0 Å². The van der Waals surface area contributed by atoms with E-state index >= 15 is 0 Å². The maximum atomic E-state index is 8.11. The topological polar surface area (TPSA) is 49.7 Å². The van der Waals surface area contributed by atoms with Crippen molar-refractivity contribution in [1.29, 1.82) is 0 Å². The molecule has 0 radical (unpaired) electrons. The zero-order chi connectivity index (χ0) is 26.3. The molecule has 1 unspecified atom stereocenters. The first-order valence-corrected chi connectivity index (χ1v) is 14.7. The van der Waals surface area contributed by atoms with E-state index in [1.807, 2.05) is 0 Å². The van der Waals surface area contributed by atoms with Gasteiger partial charge in [-0.2, -0.15) is 0 Å². The molecule has 0 bridgehead atoms. The van der Waals surface area contributed by atoms with Gasteiger partial charge in [-0.15, -0.1) is 0 Å². The molecule has 3 nitrogen and oxygen atoms in total. The van der Waals surface area contributed by atoms with E-state index in [9.17, 15) is 0 Å². The van der Waals surface area contributed by atoms with Crippen LogP contribution in [0.2, 0.25) is 0 Å². The summed E-state index contributed by atoms with van der Waals surface area (Å²) >= 11 is 0. The number of benzene rings is 2. The molecule has 2 rings (SSSR count). The van der Waals surface area contributed by atoms with Crippen molar-refractivity contribution in [1.82, 2.24) is 0 Å². The molecule has 0 aliphatic rings. The molecule has 36 heavy (non-hydrogen) atoms. The van der Waals surface area contributed by atoms with Crippen LogP contribution in [0.1, 0.15) is 122 Å². The second-order valence-corrected chi connectivity index (χ2v) is 10.2. The summed E-state index contributed by atoms with van der Waals surface area (Å²) in [7, 11) is 0. The molecule has 0 fully saturated rings. The molecule has 0 heterocycles. The number of hydrogen-bond donors (Lipinski definition) is 2. The summed E-state index contributed by atoms with van der Waals surface area (Å²) in [6, 6.07) is 17.4. The summed E-state index contributed by atoms with van der Waals surface area (Å²) in [5.41, 5.74) is 2.84. The summed E-state index contributed by atoms with van der Waals surface area (Å²) in [6.07, 6.45) is 20.9. The van der Waals surface area contributed by atoms with Crippen molar-refractivity contribution >= 4 is 0 Å². The van der Waals surface area contributed by atoms with Gasteiger partial charge in [0.05, 0.1) is 12.7 Å². The SMILES string of the molecule is CC(O)CO.CCCCCCCCCc1ccc(Oc2ccc(CCCCCCCCC)cc2)cc1. The van der Waals surface area contributed by atoms with Crippen LogP contribution in [0, 0.1) is 0 Å². The zero-order valence-corrected chi connectivity index (χ0v) is 23.5. The second kappa shape index (κ2) is 22.4. The predicted octanol–water partition coefficient (Wildman–Crippen LogP) is 9.42. The summed E-state index contributed by atoms with van der Waals surface area (Å²) < 4.78 is 6.05. The van der Waals surface area contributed by atoms with E-state index in [0.29, 0.717) is 0 Å². The Labute approximate surface area is 222 Å². The van der Waals surface area contributed by atoms with Crippen molar-refractivity contribution < 1.29 is 14.9 Å². The molecule has 0 aromatic heterocycles. The summed E-state index contributed by atoms with van der Waals surface area (Å²) in [4.78, 5) is 0. The van der Waals surface area contributed by atoms with E-state index in [1.165, 1.54) is 121 Å². The van der Waals surface area contributed by atoms with Crippen molar-refractivity contribution in [3.8, 4) is 11.5 Å². The van der Waals surface area contributed by atoms with E-state index in [2.05, 4.69) is 62.4 Å². The second-order valence-electron chi connectivity index (χ2n) is 10.2. The third-order valence-corrected chi connectivity index (χ3v) is 6.48. The van der Waals surface area contributed by atoms with Gasteiger partial charge in [0, 0.05) is 0 Å². The Balaban J connectivity index is 0.00000118. The van der Waals surface area contributed by atoms with Crippen LogP contribution >= 0.6 is 0 Å². The number of aliphatic hydroxyl groups excluding tert-OH is 2. The maximum Gasteiger partial charge on any atom is 0.127 e. The van der Waals surface area contributed by atoms with Crippen LogP contribution in [0.4, 0.5) is 0 Å². The Morgan fingerprint density at radius 1 is 0.556 bits per heavy atom. The number of unbranched alkanes of at least 4 members (excludes halogenated alkanes) is 12. The number of ether oxygens (including phenoxy) is 1. The van der Waals surface area contributed by atoms with Gasteiger partial charge in [-0.1, -0.05) is 115 Å². The highest BCUT2D eigenvalue weighted by Gasteiger charge is 2.01. The van der Waals surface area contributed by atoms with Crippen molar-refractivity contribution in [3.05, 3.63) is 59.7 Å². The Kier molecular flexibility index (Phi) is 20.0. The van der Waals surface area contributed by atoms with Gasteiger partial charge >= 0.3 is 0 Å². The third-order valence-electron chi connectivity index (χ3n) is 6.48. The lowest BCUT2D eigenvalue weighted by atomic mass is 10.0. The Bertz CT molecular complexity index is 662. The van der Waals surface area contributed by atoms with Crippen LogP contribution in [0.3, 0.4) is 0 Å². The molecule has 0 spiro atoms. The van der Waals surface area contributed by atoms with Crippen LogP contribution in [-0.4, -0.2) is 22.9 Å². The number of hydrogen-bond acceptors (Lipinski definition) is 3. The molecular formula is C33H54O3. The molecule has 0 amide bonds. The van der Waals surface area contributed by atoms with Crippen LogP contribution in [0.5, 0.6) is 11.5 Å². The quantitative estimate of drug-likeness (QED) is 0.190. The summed E-state index contributed by atoms with van der Waals surface area (Å²) in [6.45, 7) is 5.95. The Morgan fingerprint density at radius 3 is 1.17 bits per heavy atom. The molecule has 2 aromatic rings. The minimum atomic E-state index is -0.560. The molecule has 204 valence electrons. The van der Waals surface area contributed by atoms with Gasteiger partial charge in [0.2, 0.25) is 0 Å². The molecule has 2 aromatic carbocycles. The standard InChI is InChI=1S/C30H46O.C3H8O2/c1-3-5-7-9-11-13-15-17-27-19-23-29(24-20-27)31-30-25-21-28(22-26-30)18-16-14-12-10-8-6-4-2;1-3(5)2-4/h19-26H,3-18H2,1-2H3;3-5H,2H2,1H3. The van der Waals surface area contributed by atoms with Crippen molar-refractivity contribution in [2.45, 2.75) is 130 Å². The highest BCUT2D eigenvalue weighted by atomic mass is 16.5. The summed E-state index contributed by atoms with van der Waals surface area (Å²) in [5, 5.41) is 16.0. The van der Waals surface area contributed by atoms with Crippen LogP contribution in [0.15, 0.2) is 48.5 Å². The van der Waals surface area contributed by atoms with Gasteiger partial charge in [-0.25, -0.2) is 0 Å².